The maximum absolute atomic E-state index is 9.93. The van der Waals surface area contributed by atoms with Crippen LogP contribution in [0.2, 0.25) is 0 Å². The summed E-state index contributed by atoms with van der Waals surface area (Å²) in [6, 6.07) is 7.80. The van der Waals surface area contributed by atoms with E-state index in [2.05, 4.69) is 9.87 Å². The average Bonchev–Trinajstić information content (AvgIpc) is 2.50. The summed E-state index contributed by atoms with van der Waals surface area (Å²) in [6.07, 6.45) is 1.79. The highest BCUT2D eigenvalue weighted by Gasteiger charge is 2.01. The van der Waals surface area contributed by atoms with Crippen LogP contribution in [0, 0.1) is 0 Å². The highest BCUT2D eigenvalue weighted by Crippen LogP contribution is 2.17. The Kier molecular flexibility index (Phi) is 1.81. The van der Waals surface area contributed by atoms with Gasteiger partial charge in [0.15, 0.2) is 0 Å². The molecule has 1 aromatic carbocycles. The molecule has 3 heteroatoms. The van der Waals surface area contributed by atoms with Crippen LogP contribution in [-0.2, 0) is 16.8 Å². The minimum absolute atomic E-state index is 0.115. The first-order valence-electron chi connectivity index (χ1n) is 3.71. The predicted octanol–water partition coefficient (Wildman–Crippen LogP) is 2.03. The van der Waals surface area contributed by atoms with Crippen molar-refractivity contribution in [1.82, 2.24) is 4.98 Å². The Hall–Kier alpha value is -1.32. The molecule has 0 amide bonds. The smallest absolute Gasteiger partial charge is 0.113 e. The summed E-state index contributed by atoms with van der Waals surface area (Å²) in [5, 5.41) is 11.0. The molecule has 0 aliphatic rings. The average molecular weight is 162 g/mol. The first kappa shape index (κ1) is 7.34. The molecule has 12 heavy (non-hydrogen) atoms. The van der Waals surface area contributed by atoms with Gasteiger partial charge in [0.1, 0.15) is 6.61 Å². The third kappa shape index (κ3) is 1.09. The van der Waals surface area contributed by atoms with E-state index in [1.807, 2.05) is 24.3 Å². The first-order valence-corrected chi connectivity index (χ1v) is 3.71. The molecule has 0 spiro atoms. The first-order chi connectivity index (χ1) is 5.92. The van der Waals surface area contributed by atoms with Crippen LogP contribution < -0.4 is 0 Å². The maximum Gasteiger partial charge on any atom is 0.113 e. The van der Waals surface area contributed by atoms with Gasteiger partial charge in [-0.2, -0.15) is 4.89 Å². The molecule has 0 bridgehead atoms. The molecule has 1 aromatic heterocycles. The molecule has 3 nitrogen and oxygen atoms in total. The normalized spacial score (nSPS) is 10.8. The molecule has 0 aliphatic heterocycles. The number of aromatic nitrogens is 1. The molecule has 61 valence electrons. The van der Waals surface area contributed by atoms with Gasteiger partial charge in [0.2, 0.25) is 0 Å². The molecule has 1 radical (unpaired) electrons. The molecule has 2 aromatic rings. The fourth-order valence-corrected chi connectivity index (χ4v) is 1.31. The van der Waals surface area contributed by atoms with Gasteiger partial charge in [0.05, 0.1) is 0 Å². The minimum atomic E-state index is 0.115. The molecule has 1 N–H and O–H groups in total. The number of rotatable bonds is 2. The predicted molar refractivity (Wildman–Crippen MR) is 43.8 cm³/mol. The Morgan fingerprint density at radius 1 is 1.33 bits per heavy atom. The van der Waals surface area contributed by atoms with E-state index < -0.39 is 0 Å². The van der Waals surface area contributed by atoms with E-state index in [0.717, 1.165) is 16.5 Å². The second-order valence-corrected chi connectivity index (χ2v) is 2.62. The van der Waals surface area contributed by atoms with E-state index in [-0.39, 0.29) is 6.61 Å². The van der Waals surface area contributed by atoms with E-state index in [9.17, 15) is 5.26 Å². The van der Waals surface area contributed by atoms with Gasteiger partial charge in [-0.1, -0.05) is 18.2 Å². The van der Waals surface area contributed by atoms with Gasteiger partial charge < -0.3 is 4.98 Å². The van der Waals surface area contributed by atoms with Gasteiger partial charge in [-0.3, -0.25) is 0 Å². The monoisotopic (exact) mass is 162 g/mol. The van der Waals surface area contributed by atoms with Crippen molar-refractivity contribution >= 4 is 10.9 Å². The van der Waals surface area contributed by atoms with Gasteiger partial charge in [-0.05, 0) is 11.3 Å². The standard InChI is InChI=1S/C9H8NO2/c11-12-6-7-5-10-9-4-2-1-3-8(7)9/h1-5,10H,6H2. The maximum atomic E-state index is 9.93. The summed E-state index contributed by atoms with van der Waals surface area (Å²) < 4.78 is 0. The lowest BCUT2D eigenvalue weighted by molar-refractivity contribution is -0.313. The van der Waals surface area contributed by atoms with Gasteiger partial charge in [-0.25, -0.2) is 0 Å². The van der Waals surface area contributed by atoms with Crippen LogP contribution >= 0.6 is 0 Å². The van der Waals surface area contributed by atoms with Crippen LogP contribution in [0.3, 0.4) is 0 Å². The summed E-state index contributed by atoms with van der Waals surface area (Å²) in [6.45, 7) is 0.115. The quantitative estimate of drug-likeness (QED) is 0.533. The summed E-state index contributed by atoms with van der Waals surface area (Å²) >= 11 is 0. The Balaban J connectivity index is 2.55. The molecule has 2 rings (SSSR count). The third-order valence-electron chi connectivity index (χ3n) is 1.89. The number of para-hydroxylation sites is 1. The van der Waals surface area contributed by atoms with Crippen molar-refractivity contribution in [3.8, 4) is 0 Å². The zero-order chi connectivity index (χ0) is 8.39. The highest BCUT2D eigenvalue weighted by molar-refractivity contribution is 5.82. The lowest BCUT2D eigenvalue weighted by Gasteiger charge is -1.92. The number of hydrogen-bond donors (Lipinski definition) is 1. The van der Waals surface area contributed by atoms with Crippen molar-refractivity contribution in [2.45, 2.75) is 6.61 Å². The SMILES string of the molecule is [O]OCc1c[nH]c2ccccc12. The third-order valence-corrected chi connectivity index (χ3v) is 1.89. The second kappa shape index (κ2) is 2.97. The van der Waals surface area contributed by atoms with Gasteiger partial charge >= 0.3 is 0 Å². The van der Waals surface area contributed by atoms with Crippen LogP contribution in [0.25, 0.3) is 10.9 Å². The van der Waals surface area contributed by atoms with E-state index in [1.54, 1.807) is 6.20 Å². The summed E-state index contributed by atoms with van der Waals surface area (Å²) in [5.74, 6) is 0. The molecule has 1 heterocycles. The number of aromatic amines is 1. The number of benzene rings is 1. The molecule has 0 saturated carbocycles. The number of hydrogen-bond acceptors (Lipinski definition) is 1. The van der Waals surface area contributed by atoms with E-state index in [1.165, 1.54) is 0 Å². The fourth-order valence-electron chi connectivity index (χ4n) is 1.31. The molecule has 0 fully saturated rings. The van der Waals surface area contributed by atoms with Crippen molar-refractivity contribution in [2.75, 3.05) is 0 Å². The minimum Gasteiger partial charge on any atom is -0.361 e. The van der Waals surface area contributed by atoms with Crippen molar-refractivity contribution < 1.29 is 10.1 Å². The molecular formula is C9H8NO2. The van der Waals surface area contributed by atoms with E-state index in [0.29, 0.717) is 0 Å². The van der Waals surface area contributed by atoms with E-state index >= 15 is 0 Å². The zero-order valence-corrected chi connectivity index (χ0v) is 6.41. The second-order valence-electron chi connectivity index (χ2n) is 2.62. The highest BCUT2D eigenvalue weighted by atomic mass is 17.1. The molecule has 0 unspecified atom stereocenters. The molecule has 0 atom stereocenters. The van der Waals surface area contributed by atoms with Crippen LogP contribution in [0.15, 0.2) is 30.5 Å². The van der Waals surface area contributed by atoms with E-state index in [4.69, 9.17) is 0 Å². The topological polar surface area (TPSA) is 44.9 Å². The lowest BCUT2D eigenvalue weighted by Crippen LogP contribution is -1.82. The number of fused-ring (bicyclic) bond motifs is 1. The molecular weight excluding hydrogens is 154 g/mol. The Morgan fingerprint density at radius 2 is 2.17 bits per heavy atom. The van der Waals surface area contributed by atoms with Crippen LogP contribution in [0.1, 0.15) is 5.56 Å². The van der Waals surface area contributed by atoms with Crippen molar-refractivity contribution in [3.63, 3.8) is 0 Å². The Morgan fingerprint density at radius 3 is 3.00 bits per heavy atom. The largest absolute Gasteiger partial charge is 0.361 e. The van der Waals surface area contributed by atoms with Crippen LogP contribution in [-0.4, -0.2) is 4.98 Å². The fraction of sp³-hybridized carbons (Fsp3) is 0.111. The number of nitrogens with one attached hydrogen (secondary N) is 1. The lowest BCUT2D eigenvalue weighted by atomic mass is 10.2. The summed E-state index contributed by atoms with van der Waals surface area (Å²) in [7, 11) is 0. The van der Waals surface area contributed by atoms with Crippen LogP contribution in [0.4, 0.5) is 0 Å². The molecule has 0 saturated heterocycles. The summed E-state index contributed by atoms with van der Waals surface area (Å²) in [4.78, 5) is 6.88. The summed E-state index contributed by atoms with van der Waals surface area (Å²) in [5.41, 5.74) is 1.94. The van der Waals surface area contributed by atoms with Crippen molar-refractivity contribution in [3.05, 3.63) is 36.0 Å². The van der Waals surface area contributed by atoms with Gasteiger partial charge in [0.25, 0.3) is 0 Å². The zero-order valence-electron chi connectivity index (χ0n) is 6.41. The van der Waals surface area contributed by atoms with Gasteiger partial charge in [0, 0.05) is 22.7 Å². The van der Waals surface area contributed by atoms with Crippen molar-refractivity contribution in [2.24, 2.45) is 0 Å². The molecule has 0 aliphatic carbocycles. The number of H-pyrrole nitrogens is 1. The Labute approximate surface area is 69.5 Å². The Bertz CT molecular complexity index is 381. The van der Waals surface area contributed by atoms with Gasteiger partial charge in [-0.15, -0.1) is 0 Å². The van der Waals surface area contributed by atoms with Crippen molar-refractivity contribution in [1.29, 1.82) is 0 Å². The van der Waals surface area contributed by atoms with Crippen LogP contribution in [0.5, 0.6) is 0 Å².